The Kier molecular flexibility index (Phi) is 5.26. The Hall–Kier alpha value is -3.49. The van der Waals surface area contributed by atoms with E-state index in [1.54, 1.807) is 4.31 Å². The Bertz CT molecular complexity index is 1570. The summed E-state index contributed by atoms with van der Waals surface area (Å²) in [6.07, 6.45) is 1.51. The van der Waals surface area contributed by atoms with Crippen LogP contribution in [0.4, 0.5) is 0 Å². The van der Waals surface area contributed by atoms with Crippen molar-refractivity contribution in [1.29, 1.82) is 0 Å². The molecule has 2 N–H and O–H groups in total. The maximum atomic E-state index is 14.0. The van der Waals surface area contributed by atoms with E-state index in [1.165, 1.54) is 18.2 Å². The van der Waals surface area contributed by atoms with Crippen LogP contribution in [0.15, 0.2) is 81.2 Å². The number of sulfonamides is 1. The number of hydrogen-bond acceptors (Lipinski definition) is 4. The topological polar surface area (TPSA) is 103 Å². The van der Waals surface area contributed by atoms with Gasteiger partial charge in [-0.1, -0.05) is 54.1 Å². The molecule has 33 heavy (non-hydrogen) atoms. The lowest BCUT2D eigenvalue weighted by Crippen LogP contribution is -2.34. The highest BCUT2D eigenvalue weighted by Crippen LogP contribution is 2.39. The van der Waals surface area contributed by atoms with Gasteiger partial charge in [0, 0.05) is 6.54 Å². The van der Waals surface area contributed by atoms with Crippen LogP contribution in [0.3, 0.4) is 0 Å². The van der Waals surface area contributed by atoms with Crippen LogP contribution in [-0.4, -0.2) is 22.7 Å². The molecule has 3 aromatic carbocycles. The first-order valence-corrected chi connectivity index (χ1v) is 12.2. The fourth-order valence-electron chi connectivity index (χ4n) is 4.46. The van der Waals surface area contributed by atoms with Gasteiger partial charge in [-0.3, -0.25) is 9.59 Å². The molecule has 1 aliphatic carbocycles. The maximum Gasteiger partial charge on any atom is 0.314 e. The van der Waals surface area contributed by atoms with Crippen molar-refractivity contribution in [2.45, 2.75) is 37.2 Å². The van der Waals surface area contributed by atoms with Gasteiger partial charge in [-0.05, 0) is 54.7 Å². The van der Waals surface area contributed by atoms with Crippen molar-refractivity contribution in [3.63, 3.8) is 0 Å². The molecule has 168 valence electrons. The normalized spacial score (nSPS) is 15.8. The van der Waals surface area contributed by atoms with Gasteiger partial charge in [-0.2, -0.15) is 4.31 Å². The number of aromatic nitrogens is 2. The van der Waals surface area contributed by atoms with Crippen molar-refractivity contribution in [2.24, 2.45) is 0 Å². The van der Waals surface area contributed by atoms with Crippen LogP contribution in [-0.2, 0) is 23.0 Å². The van der Waals surface area contributed by atoms with Crippen LogP contribution in [0, 0.1) is 6.92 Å². The second kappa shape index (κ2) is 8.13. The second-order valence-corrected chi connectivity index (χ2v) is 10.3. The van der Waals surface area contributed by atoms with Crippen molar-refractivity contribution in [2.75, 3.05) is 0 Å². The highest BCUT2D eigenvalue weighted by Gasteiger charge is 2.36. The Labute approximate surface area is 190 Å². The summed E-state index contributed by atoms with van der Waals surface area (Å²) in [6, 6.07) is 19.9. The van der Waals surface area contributed by atoms with E-state index in [0.29, 0.717) is 11.9 Å². The molecule has 0 saturated carbocycles. The average molecular weight is 462 g/mol. The Balaban J connectivity index is 1.63. The Morgan fingerprint density at radius 2 is 1.61 bits per heavy atom. The van der Waals surface area contributed by atoms with Crippen molar-refractivity contribution < 1.29 is 8.42 Å². The van der Waals surface area contributed by atoms with Gasteiger partial charge >= 0.3 is 11.1 Å². The van der Waals surface area contributed by atoms with E-state index >= 15 is 0 Å². The third-order valence-electron chi connectivity index (χ3n) is 6.21. The smallest absolute Gasteiger partial charge is 0.314 e. The summed E-state index contributed by atoms with van der Waals surface area (Å²) < 4.78 is 29.5. The lowest BCUT2D eigenvalue weighted by molar-refractivity contribution is 0.316. The molecule has 1 unspecified atom stereocenters. The first kappa shape index (κ1) is 21.4. The van der Waals surface area contributed by atoms with E-state index < -0.39 is 21.1 Å². The van der Waals surface area contributed by atoms with Crippen LogP contribution >= 0.6 is 0 Å². The first-order valence-electron chi connectivity index (χ1n) is 10.7. The molecule has 0 bridgehead atoms. The molecule has 0 aliphatic heterocycles. The van der Waals surface area contributed by atoms with E-state index in [4.69, 9.17) is 0 Å². The summed E-state index contributed by atoms with van der Waals surface area (Å²) in [5, 5.41) is 0. The predicted molar refractivity (Wildman–Crippen MR) is 127 cm³/mol. The van der Waals surface area contributed by atoms with E-state index in [0.717, 1.165) is 28.7 Å². The third kappa shape index (κ3) is 3.92. The minimum Gasteiger partial charge on any atom is -0.316 e. The number of nitrogens with one attached hydrogen (secondary N) is 2. The SMILES string of the molecule is Cc1ccc(CN(C2CCc3ccccc32)S(=O)(=O)c2ccc3[nH]c(=O)c(=O)[nH]c3c2)cc1. The minimum absolute atomic E-state index is 0.0641. The summed E-state index contributed by atoms with van der Waals surface area (Å²) in [5.41, 5.74) is 3.22. The Morgan fingerprint density at radius 1 is 0.909 bits per heavy atom. The zero-order valence-corrected chi connectivity index (χ0v) is 18.9. The minimum atomic E-state index is -3.93. The molecule has 7 nitrogen and oxygen atoms in total. The summed E-state index contributed by atoms with van der Waals surface area (Å²) >= 11 is 0. The number of hydrogen-bond donors (Lipinski definition) is 2. The van der Waals surface area contributed by atoms with Gasteiger partial charge in [-0.15, -0.1) is 0 Å². The van der Waals surface area contributed by atoms with E-state index in [9.17, 15) is 18.0 Å². The number of aromatic amines is 2. The molecular formula is C25H23N3O4S. The highest BCUT2D eigenvalue weighted by atomic mass is 32.2. The zero-order chi connectivity index (χ0) is 23.2. The number of H-pyrrole nitrogens is 2. The molecule has 0 saturated heterocycles. The zero-order valence-electron chi connectivity index (χ0n) is 18.0. The van der Waals surface area contributed by atoms with Gasteiger partial charge in [-0.25, -0.2) is 8.42 Å². The monoisotopic (exact) mass is 461 g/mol. The van der Waals surface area contributed by atoms with Crippen LogP contribution in [0.1, 0.15) is 34.7 Å². The van der Waals surface area contributed by atoms with Gasteiger partial charge < -0.3 is 9.97 Å². The van der Waals surface area contributed by atoms with E-state index in [-0.39, 0.29) is 23.0 Å². The molecule has 8 heteroatoms. The summed E-state index contributed by atoms with van der Waals surface area (Å²) in [5.74, 6) is 0. The number of benzene rings is 3. The van der Waals surface area contributed by atoms with Crippen molar-refractivity contribution in [1.82, 2.24) is 14.3 Å². The number of fused-ring (bicyclic) bond motifs is 2. The van der Waals surface area contributed by atoms with E-state index in [1.807, 2.05) is 55.5 Å². The van der Waals surface area contributed by atoms with Crippen LogP contribution < -0.4 is 11.1 Å². The van der Waals surface area contributed by atoms with Crippen molar-refractivity contribution in [3.8, 4) is 0 Å². The molecule has 0 amide bonds. The average Bonchev–Trinajstić information content (AvgIpc) is 3.23. The highest BCUT2D eigenvalue weighted by molar-refractivity contribution is 7.89. The van der Waals surface area contributed by atoms with E-state index in [2.05, 4.69) is 9.97 Å². The molecule has 0 spiro atoms. The van der Waals surface area contributed by atoms with Gasteiger partial charge in [0.25, 0.3) is 0 Å². The maximum absolute atomic E-state index is 14.0. The fraction of sp³-hybridized carbons (Fsp3) is 0.200. The molecule has 1 atom stereocenters. The third-order valence-corrected chi connectivity index (χ3v) is 8.06. The quantitative estimate of drug-likeness (QED) is 0.445. The van der Waals surface area contributed by atoms with Crippen LogP contribution in [0.2, 0.25) is 0 Å². The lowest BCUT2D eigenvalue weighted by Gasteiger charge is -2.29. The van der Waals surface area contributed by atoms with Gasteiger partial charge in [0.2, 0.25) is 10.0 Å². The predicted octanol–water partition coefficient (Wildman–Crippen LogP) is 3.40. The summed E-state index contributed by atoms with van der Waals surface area (Å²) in [7, 11) is -3.93. The first-order chi connectivity index (χ1) is 15.8. The fourth-order valence-corrected chi connectivity index (χ4v) is 6.11. The molecular weight excluding hydrogens is 438 g/mol. The molecule has 4 aromatic rings. The van der Waals surface area contributed by atoms with Crippen LogP contribution in [0.25, 0.3) is 11.0 Å². The Morgan fingerprint density at radius 3 is 2.36 bits per heavy atom. The molecule has 1 aliphatic rings. The molecule has 1 heterocycles. The lowest BCUT2D eigenvalue weighted by atomic mass is 10.1. The number of aryl methyl sites for hydroxylation is 2. The largest absolute Gasteiger partial charge is 0.316 e. The van der Waals surface area contributed by atoms with Gasteiger partial charge in [0.1, 0.15) is 0 Å². The number of rotatable bonds is 5. The van der Waals surface area contributed by atoms with Crippen molar-refractivity contribution >= 4 is 21.1 Å². The number of nitrogens with zero attached hydrogens (tertiary/aromatic N) is 1. The second-order valence-electron chi connectivity index (χ2n) is 8.40. The van der Waals surface area contributed by atoms with Crippen LogP contribution in [0.5, 0.6) is 0 Å². The van der Waals surface area contributed by atoms with Crippen molar-refractivity contribution in [3.05, 3.63) is 110 Å². The molecule has 1 aromatic heterocycles. The molecule has 5 rings (SSSR count). The molecule has 0 fully saturated rings. The summed E-state index contributed by atoms with van der Waals surface area (Å²) in [4.78, 5) is 28.4. The summed E-state index contributed by atoms with van der Waals surface area (Å²) in [6.45, 7) is 2.22. The standard InChI is InChI=1S/C25H23N3O4S/c1-16-6-8-17(9-7-16)15-28(23-13-10-18-4-2-3-5-20(18)23)33(31,32)19-11-12-21-22(14-19)27-25(30)24(29)26-21/h2-9,11-12,14,23H,10,13,15H2,1H3,(H,26,29)(H,27,30). The molecule has 0 radical (unpaired) electrons. The van der Waals surface area contributed by atoms with Gasteiger partial charge in [0.15, 0.2) is 0 Å². The van der Waals surface area contributed by atoms with Gasteiger partial charge in [0.05, 0.1) is 22.0 Å².